The van der Waals surface area contributed by atoms with Gasteiger partial charge in [0.15, 0.2) is 0 Å². The Bertz CT molecular complexity index is 1190. The standard InChI is InChI=1S/C25H27N5O/c1-17-8-7-9-18(2)23(17)24(21-16-26-22-10-5-6-15-30(21)22)28-25(31)27-19-11-13-20(14-12-19)29(3)4/h5-16,24H,1-4H3,(H2,27,28,31). The summed E-state index contributed by atoms with van der Waals surface area (Å²) in [5, 5.41) is 6.13. The molecule has 0 aliphatic carbocycles. The van der Waals surface area contributed by atoms with Crippen LogP contribution in [0.5, 0.6) is 0 Å². The van der Waals surface area contributed by atoms with Crippen LogP contribution in [-0.2, 0) is 0 Å². The van der Waals surface area contributed by atoms with Crippen molar-refractivity contribution in [3.8, 4) is 0 Å². The summed E-state index contributed by atoms with van der Waals surface area (Å²) in [6.45, 7) is 4.14. The van der Waals surface area contributed by atoms with Gasteiger partial charge in [0.05, 0.1) is 17.9 Å². The highest BCUT2D eigenvalue weighted by Crippen LogP contribution is 2.29. The Morgan fingerprint density at radius 3 is 2.35 bits per heavy atom. The van der Waals surface area contributed by atoms with Gasteiger partial charge in [0, 0.05) is 31.7 Å². The predicted octanol–water partition coefficient (Wildman–Crippen LogP) is 4.93. The first-order valence-corrected chi connectivity index (χ1v) is 10.3. The van der Waals surface area contributed by atoms with Gasteiger partial charge in [0.2, 0.25) is 0 Å². The third-order valence-corrected chi connectivity index (χ3v) is 5.49. The van der Waals surface area contributed by atoms with Gasteiger partial charge in [-0.25, -0.2) is 9.78 Å². The fraction of sp³-hybridized carbons (Fsp3) is 0.200. The summed E-state index contributed by atoms with van der Waals surface area (Å²) in [5.41, 5.74) is 6.87. The number of carbonyl (C=O) groups is 1. The van der Waals surface area contributed by atoms with Crippen LogP contribution in [0.2, 0.25) is 0 Å². The topological polar surface area (TPSA) is 61.7 Å². The summed E-state index contributed by atoms with van der Waals surface area (Å²) in [6, 6.07) is 19.2. The molecular weight excluding hydrogens is 386 g/mol. The van der Waals surface area contributed by atoms with E-state index in [0.717, 1.165) is 39.4 Å². The lowest BCUT2D eigenvalue weighted by Crippen LogP contribution is -2.34. The average molecular weight is 414 g/mol. The Hall–Kier alpha value is -3.80. The van der Waals surface area contributed by atoms with E-state index >= 15 is 0 Å². The third-order valence-electron chi connectivity index (χ3n) is 5.49. The zero-order valence-electron chi connectivity index (χ0n) is 18.3. The molecule has 0 saturated carbocycles. The first-order valence-electron chi connectivity index (χ1n) is 10.3. The number of urea groups is 1. The Balaban J connectivity index is 1.67. The van der Waals surface area contributed by atoms with Crippen LogP contribution < -0.4 is 15.5 Å². The van der Waals surface area contributed by atoms with Crippen molar-refractivity contribution in [2.75, 3.05) is 24.3 Å². The number of nitrogens with zero attached hydrogens (tertiary/aromatic N) is 3. The number of carbonyl (C=O) groups excluding carboxylic acids is 1. The molecule has 2 amide bonds. The van der Waals surface area contributed by atoms with Crippen LogP contribution in [0, 0.1) is 13.8 Å². The van der Waals surface area contributed by atoms with Gasteiger partial charge < -0.3 is 19.9 Å². The van der Waals surface area contributed by atoms with Crippen LogP contribution in [0.4, 0.5) is 16.2 Å². The molecular formula is C25H27N5O. The molecule has 2 aromatic heterocycles. The van der Waals surface area contributed by atoms with Gasteiger partial charge in [0.25, 0.3) is 0 Å². The van der Waals surface area contributed by atoms with E-state index in [1.54, 1.807) is 0 Å². The molecule has 0 aliphatic heterocycles. The number of benzene rings is 2. The fourth-order valence-electron chi connectivity index (χ4n) is 3.88. The highest BCUT2D eigenvalue weighted by atomic mass is 16.2. The van der Waals surface area contributed by atoms with Crippen molar-refractivity contribution in [1.29, 1.82) is 0 Å². The number of fused-ring (bicyclic) bond motifs is 1. The van der Waals surface area contributed by atoms with Crippen molar-refractivity contribution < 1.29 is 4.79 Å². The van der Waals surface area contributed by atoms with E-state index in [1.807, 2.05) is 84.3 Å². The first kappa shape index (κ1) is 20.5. The smallest absolute Gasteiger partial charge is 0.320 e. The second-order valence-electron chi connectivity index (χ2n) is 7.89. The molecule has 1 unspecified atom stereocenters. The number of aryl methyl sites for hydroxylation is 2. The maximum absolute atomic E-state index is 13.0. The molecule has 0 saturated heterocycles. The summed E-state index contributed by atoms with van der Waals surface area (Å²) >= 11 is 0. The number of aromatic nitrogens is 2. The Kier molecular flexibility index (Phi) is 5.62. The second kappa shape index (κ2) is 8.52. The lowest BCUT2D eigenvalue weighted by molar-refractivity contribution is 0.250. The number of hydrogen-bond donors (Lipinski definition) is 2. The molecule has 158 valence electrons. The average Bonchev–Trinajstić information content (AvgIpc) is 3.17. The zero-order valence-corrected chi connectivity index (χ0v) is 18.3. The van der Waals surface area contributed by atoms with E-state index in [0.29, 0.717) is 0 Å². The van der Waals surface area contributed by atoms with Crippen LogP contribution in [-0.4, -0.2) is 29.5 Å². The maximum atomic E-state index is 13.0. The molecule has 0 aliphatic rings. The highest BCUT2D eigenvalue weighted by molar-refractivity contribution is 5.90. The predicted molar refractivity (Wildman–Crippen MR) is 126 cm³/mol. The van der Waals surface area contributed by atoms with Gasteiger partial charge in [-0.3, -0.25) is 0 Å². The summed E-state index contributed by atoms with van der Waals surface area (Å²) in [4.78, 5) is 19.6. The van der Waals surface area contributed by atoms with Crippen molar-refractivity contribution in [2.45, 2.75) is 19.9 Å². The van der Waals surface area contributed by atoms with E-state index in [4.69, 9.17) is 0 Å². The number of pyridine rings is 1. The Morgan fingerprint density at radius 2 is 1.68 bits per heavy atom. The van der Waals surface area contributed by atoms with Crippen LogP contribution in [0.3, 0.4) is 0 Å². The van der Waals surface area contributed by atoms with Crippen molar-refractivity contribution in [3.05, 3.63) is 95.4 Å². The number of hydrogen-bond acceptors (Lipinski definition) is 3. The fourth-order valence-corrected chi connectivity index (χ4v) is 3.88. The van der Waals surface area contributed by atoms with Crippen LogP contribution in [0.1, 0.15) is 28.4 Å². The zero-order chi connectivity index (χ0) is 22.0. The van der Waals surface area contributed by atoms with Crippen molar-refractivity contribution in [1.82, 2.24) is 14.7 Å². The van der Waals surface area contributed by atoms with Gasteiger partial charge in [0.1, 0.15) is 5.65 Å². The highest BCUT2D eigenvalue weighted by Gasteiger charge is 2.23. The van der Waals surface area contributed by atoms with Gasteiger partial charge in [-0.15, -0.1) is 0 Å². The van der Waals surface area contributed by atoms with Crippen molar-refractivity contribution in [3.63, 3.8) is 0 Å². The quantitative estimate of drug-likeness (QED) is 0.488. The lowest BCUT2D eigenvalue weighted by atomic mass is 9.94. The minimum atomic E-state index is -0.348. The lowest BCUT2D eigenvalue weighted by Gasteiger charge is -2.23. The van der Waals surface area contributed by atoms with Gasteiger partial charge in [-0.1, -0.05) is 24.3 Å². The SMILES string of the molecule is Cc1cccc(C)c1C(NC(=O)Nc1ccc(N(C)C)cc1)c1cnc2ccccn12. The third kappa shape index (κ3) is 4.23. The molecule has 6 heteroatoms. The van der Waals surface area contributed by atoms with Crippen molar-refractivity contribution in [2.24, 2.45) is 0 Å². The van der Waals surface area contributed by atoms with Gasteiger partial charge in [-0.05, 0) is 66.9 Å². The number of nitrogens with one attached hydrogen (secondary N) is 2. The summed E-state index contributed by atoms with van der Waals surface area (Å²) in [7, 11) is 3.97. The Labute approximate surface area is 182 Å². The van der Waals surface area contributed by atoms with Gasteiger partial charge >= 0.3 is 6.03 Å². The maximum Gasteiger partial charge on any atom is 0.320 e. The van der Waals surface area contributed by atoms with E-state index < -0.39 is 0 Å². The molecule has 0 spiro atoms. The normalized spacial score (nSPS) is 11.9. The Morgan fingerprint density at radius 1 is 0.968 bits per heavy atom. The van der Waals surface area contributed by atoms with E-state index in [-0.39, 0.29) is 12.1 Å². The van der Waals surface area contributed by atoms with E-state index in [9.17, 15) is 4.79 Å². The largest absolute Gasteiger partial charge is 0.378 e. The van der Waals surface area contributed by atoms with Crippen LogP contribution in [0.15, 0.2) is 73.1 Å². The van der Waals surface area contributed by atoms with Gasteiger partial charge in [-0.2, -0.15) is 0 Å². The van der Waals surface area contributed by atoms with Crippen LogP contribution >= 0.6 is 0 Å². The summed E-state index contributed by atoms with van der Waals surface area (Å²) in [5.74, 6) is 0. The number of anilines is 2. The van der Waals surface area contributed by atoms with Crippen molar-refractivity contribution >= 4 is 23.1 Å². The molecule has 2 aromatic carbocycles. The molecule has 4 aromatic rings. The number of rotatable bonds is 5. The molecule has 0 fully saturated rings. The second-order valence-corrected chi connectivity index (χ2v) is 7.89. The molecule has 31 heavy (non-hydrogen) atoms. The van der Waals surface area contributed by atoms with E-state index in [1.165, 1.54) is 0 Å². The molecule has 0 radical (unpaired) electrons. The minimum Gasteiger partial charge on any atom is -0.378 e. The van der Waals surface area contributed by atoms with Crippen LogP contribution in [0.25, 0.3) is 5.65 Å². The summed E-state index contributed by atoms with van der Waals surface area (Å²) < 4.78 is 2.02. The molecule has 2 N–H and O–H groups in total. The first-order chi connectivity index (χ1) is 14.9. The molecule has 4 rings (SSSR count). The molecule has 2 heterocycles. The minimum absolute atomic E-state index is 0.267. The molecule has 0 bridgehead atoms. The molecule has 6 nitrogen and oxygen atoms in total. The van der Waals surface area contributed by atoms with E-state index in [2.05, 4.69) is 41.6 Å². The monoisotopic (exact) mass is 413 g/mol. The number of imidazole rings is 1. The molecule has 1 atom stereocenters. The number of amides is 2. The summed E-state index contributed by atoms with van der Waals surface area (Å²) in [6.07, 6.45) is 3.80.